The Balaban J connectivity index is 3.22. The van der Waals surface area contributed by atoms with Crippen LogP contribution < -0.4 is 20.9 Å². The molecule has 1 aromatic rings. The van der Waals surface area contributed by atoms with E-state index in [2.05, 4.69) is 16.6 Å². The highest BCUT2D eigenvalue weighted by Gasteiger charge is 2.20. The molecule has 8 heteroatoms. The summed E-state index contributed by atoms with van der Waals surface area (Å²) in [5.74, 6) is 4.69. The number of nitrogens with one attached hydrogen (secondary N) is 1. The number of nitrogens with two attached hydrogens (primary N) is 2. The van der Waals surface area contributed by atoms with Crippen molar-refractivity contribution in [2.24, 2.45) is 11.5 Å². The van der Waals surface area contributed by atoms with E-state index in [1.54, 1.807) is 6.07 Å². The summed E-state index contributed by atoms with van der Waals surface area (Å²) >= 11 is 0. The van der Waals surface area contributed by atoms with E-state index in [0.717, 1.165) is 0 Å². The van der Waals surface area contributed by atoms with Crippen molar-refractivity contribution in [1.82, 2.24) is 4.72 Å². The van der Waals surface area contributed by atoms with Crippen molar-refractivity contribution < 1.29 is 17.9 Å². The maximum absolute atomic E-state index is 12.1. The van der Waals surface area contributed by atoms with Crippen LogP contribution in [0, 0.1) is 11.8 Å². The summed E-state index contributed by atoms with van der Waals surface area (Å²) in [5.41, 5.74) is 10.6. The molecule has 0 aliphatic rings. The first-order valence-electron chi connectivity index (χ1n) is 5.55. The minimum Gasteiger partial charge on any atom is -0.495 e. The maximum atomic E-state index is 12.1. The second kappa shape index (κ2) is 6.91. The Morgan fingerprint density at radius 3 is 2.70 bits per heavy atom. The quantitative estimate of drug-likeness (QED) is 0.587. The molecule has 0 bridgehead atoms. The van der Waals surface area contributed by atoms with Crippen molar-refractivity contribution in [2.45, 2.75) is 4.90 Å². The van der Waals surface area contributed by atoms with Crippen LogP contribution in [0.5, 0.6) is 5.75 Å². The first-order chi connectivity index (χ1) is 9.40. The van der Waals surface area contributed by atoms with Gasteiger partial charge in [-0.3, -0.25) is 4.79 Å². The Hall–Kier alpha value is -2.08. The molecular formula is C12H15N3O4S. The van der Waals surface area contributed by atoms with Gasteiger partial charge in [-0.15, -0.1) is 0 Å². The lowest BCUT2D eigenvalue weighted by atomic mass is 10.2. The molecule has 0 aliphatic heterocycles. The molecule has 0 saturated carbocycles. The Kier molecular flexibility index (Phi) is 5.52. The van der Waals surface area contributed by atoms with Crippen molar-refractivity contribution in [3.8, 4) is 17.6 Å². The summed E-state index contributed by atoms with van der Waals surface area (Å²) < 4.78 is 31.2. The van der Waals surface area contributed by atoms with Crippen LogP contribution in [0.15, 0.2) is 23.1 Å². The van der Waals surface area contributed by atoms with E-state index in [0.29, 0.717) is 5.56 Å². The molecule has 1 aromatic carbocycles. The van der Waals surface area contributed by atoms with Crippen LogP contribution in [0.2, 0.25) is 0 Å². The summed E-state index contributed by atoms with van der Waals surface area (Å²) in [6.07, 6.45) is 0. The summed E-state index contributed by atoms with van der Waals surface area (Å²) in [6.45, 7) is -0.335. The fourth-order valence-corrected chi connectivity index (χ4v) is 2.55. The van der Waals surface area contributed by atoms with E-state index < -0.39 is 22.5 Å². The zero-order valence-electron chi connectivity index (χ0n) is 10.8. The standard InChI is InChI=1S/C12H15N3O4S/c1-19-10-5-4-9(3-2-6-13)7-11(10)20(17,18)15-8-12(14)16/h4-5,7,15H,6,8,13H2,1H3,(H2,14,16). The molecule has 0 saturated heterocycles. The van der Waals surface area contributed by atoms with Gasteiger partial charge in [0.1, 0.15) is 10.6 Å². The van der Waals surface area contributed by atoms with Crippen LogP contribution in [0.1, 0.15) is 5.56 Å². The molecule has 108 valence electrons. The zero-order chi connectivity index (χ0) is 15.2. The molecule has 0 spiro atoms. The highest BCUT2D eigenvalue weighted by molar-refractivity contribution is 7.89. The number of amides is 1. The van der Waals surface area contributed by atoms with Gasteiger partial charge >= 0.3 is 0 Å². The van der Waals surface area contributed by atoms with Crippen LogP contribution >= 0.6 is 0 Å². The SMILES string of the molecule is COc1ccc(C#CCN)cc1S(=O)(=O)NCC(N)=O. The molecule has 1 rings (SSSR count). The third kappa shape index (κ3) is 4.24. The molecule has 5 N–H and O–H groups in total. The lowest BCUT2D eigenvalue weighted by molar-refractivity contribution is -0.116. The largest absolute Gasteiger partial charge is 0.495 e. The van der Waals surface area contributed by atoms with Crippen LogP contribution in [0.3, 0.4) is 0 Å². The molecule has 0 fully saturated rings. The number of rotatable bonds is 5. The first-order valence-corrected chi connectivity index (χ1v) is 7.04. The van der Waals surface area contributed by atoms with Crippen molar-refractivity contribution in [1.29, 1.82) is 0 Å². The normalized spacial score (nSPS) is 10.5. The van der Waals surface area contributed by atoms with Gasteiger partial charge < -0.3 is 16.2 Å². The maximum Gasteiger partial charge on any atom is 0.244 e. The predicted molar refractivity (Wildman–Crippen MR) is 73.3 cm³/mol. The van der Waals surface area contributed by atoms with E-state index >= 15 is 0 Å². The number of carbonyl (C=O) groups is 1. The number of carbonyl (C=O) groups excluding carboxylic acids is 1. The Bertz CT molecular complexity index is 659. The van der Waals surface area contributed by atoms with E-state index in [4.69, 9.17) is 16.2 Å². The van der Waals surface area contributed by atoms with Crippen molar-refractivity contribution >= 4 is 15.9 Å². The molecule has 20 heavy (non-hydrogen) atoms. The third-order valence-electron chi connectivity index (χ3n) is 2.22. The van der Waals surface area contributed by atoms with Crippen molar-refractivity contribution in [2.75, 3.05) is 20.2 Å². The van der Waals surface area contributed by atoms with E-state index in [1.807, 2.05) is 0 Å². The van der Waals surface area contributed by atoms with Crippen LogP contribution in [0.25, 0.3) is 0 Å². The molecule has 0 unspecified atom stereocenters. The molecular weight excluding hydrogens is 282 g/mol. The molecule has 0 atom stereocenters. The van der Waals surface area contributed by atoms with Gasteiger partial charge in [0.25, 0.3) is 0 Å². The summed E-state index contributed by atoms with van der Waals surface area (Å²) in [7, 11) is -2.58. The molecule has 0 radical (unpaired) electrons. The molecule has 7 nitrogen and oxygen atoms in total. The molecule has 0 aromatic heterocycles. The number of primary amides is 1. The van der Waals surface area contributed by atoms with Crippen LogP contribution in [0.4, 0.5) is 0 Å². The van der Waals surface area contributed by atoms with Crippen LogP contribution in [-0.2, 0) is 14.8 Å². The summed E-state index contributed by atoms with van der Waals surface area (Å²) in [6, 6.07) is 4.42. The van der Waals surface area contributed by atoms with Gasteiger partial charge in [0, 0.05) is 5.56 Å². The number of ether oxygens (including phenoxy) is 1. The van der Waals surface area contributed by atoms with Gasteiger partial charge in [-0.25, -0.2) is 13.1 Å². The minimum atomic E-state index is -3.92. The Labute approximate surface area is 117 Å². The predicted octanol–water partition coefficient (Wildman–Crippen LogP) is -1.23. The highest BCUT2D eigenvalue weighted by atomic mass is 32.2. The van der Waals surface area contributed by atoms with E-state index in [1.165, 1.54) is 19.2 Å². The average molecular weight is 297 g/mol. The number of hydrogen-bond acceptors (Lipinski definition) is 5. The number of methoxy groups -OCH3 is 1. The van der Waals surface area contributed by atoms with E-state index in [-0.39, 0.29) is 17.2 Å². The summed E-state index contributed by atoms with van der Waals surface area (Å²) in [5, 5.41) is 0. The van der Waals surface area contributed by atoms with Crippen LogP contribution in [-0.4, -0.2) is 34.5 Å². The molecule has 0 aliphatic carbocycles. The smallest absolute Gasteiger partial charge is 0.244 e. The summed E-state index contributed by atoms with van der Waals surface area (Å²) in [4.78, 5) is 10.5. The zero-order valence-corrected chi connectivity index (χ0v) is 11.7. The lowest BCUT2D eigenvalue weighted by Gasteiger charge is -2.10. The van der Waals surface area contributed by atoms with Gasteiger partial charge in [-0.1, -0.05) is 11.8 Å². The fourth-order valence-electron chi connectivity index (χ4n) is 1.36. The Morgan fingerprint density at radius 1 is 1.45 bits per heavy atom. The number of hydrogen-bond donors (Lipinski definition) is 3. The number of benzene rings is 1. The minimum absolute atomic E-state index is 0.120. The average Bonchev–Trinajstić information content (AvgIpc) is 2.42. The van der Waals surface area contributed by atoms with Crippen molar-refractivity contribution in [3.63, 3.8) is 0 Å². The van der Waals surface area contributed by atoms with Crippen molar-refractivity contribution in [3.05, 3.63) is 23.8 Å². The van der Waals surface area contributed by atoms with Gasteiger partial charge in [0.05, 0.1) is 20.2 Å². The third-order valence-corrected chi connectivity index (χ3v) is 3.65. The second-order valence-corrected chi connectivity index (χ2v) is 5.40. The highest BCUT2D eigenvalue weighted by Crippen LogP contribution is 2.24. The van der Waals surface area contributed by atoms with Gasteiger partial charge in [0.15, 0.2) is 0 Å². The first kappa shape index (κ1) is 16.0. The van der Waals surface area contributed by atoms with E-state index in [9.17, 15) is 13.2 Å². The topological polar surface area (TPSA) is 125 Å². The monoisotopic (exact) mass is 297 g/mol. The molecule has 0 heterocycles. The van der Waals surface area contributed by atoms with Gasteiger partial charge in [-0.05, 0) is 18.2 Å². The fraction of sp³-hybridized carbons (Fsp3) is 0.250. The second-order valence-electron chi connectivity index (χ2n) is 3.66. The molecule has 1 amide bonds. The van der Waals surface area contributed by atoms with Gasteiger partial charge in [0.2, 0.25) is 15.9 Å². The number of sulfonamides is 1. The lowest BCUT2D eigenvalue weighted by Crippen LogP contribution is -2.33. The van der Waals surface area contributed by atoms with Gasteiger partial charge in [-0.2, -0.15) is 0 Å². The Morgan fingerprint density at radius 2 is 2.15 bits per heavy atom.